The van der Waals surface area contributed by atoms with Gasteiger partial charge in [0, 0.05) is 5.56 Å². The standard InChI is InChI=1S/C14H18BrF2N/c1-3-8-18-9-4-5-10(2)13-12(16)7-6-11(15)14(13)17/h5-7,18H,3-4,8-9H2,1-2H3/b10-5-. The molecule has 0 saturated carbocycles. The molecule has 0 bridgehead atoms. The Morgan fingerprint density at radius 1 is 1.33 bits per heavy atom. The van der Waals surface area contributed by atoms with Gasteiger partial charge in [0.1, 0.15) is 11.6 Å². The molecule has 0 fully saturated rings. The van der Waals surface area contributed by atoms with Crippen molar-refractivity contribution in [3.8, 4) is 0 Å². The molecule has 100 valence electrons. The van der Waals surface area contributed by atoms with E-state index in [4.69, 9.17) is 0 Å². The van der Waals surface area contributed by atoms with E-state index in [1.807, 2.05) is 6.08 Å². The Kier molecular flexibility index (Phi) is 6.50. The lowest BCUT2D eigenvalue weighted by atomic mass is 10.1. The Bertz CT molecular complexity index is 430. The molecular weight excluding hydrogens is 300 g/mol. The summed E-state index contributed by atoms with van der Waals surface area (Å²) in [6.07, 6.45) is 3.70. The Labute approximate surface area is 115 Å². The highest BCUT2D eigenvalue weighted by Gasteiger charge is 2.13. The monoisotopic (exact) mass is 317 g/mol. The summed E-state index contributed by atoms with van der Waals surface area (Å²) in [6.45, 7) is 5.61. The van der Waals surface area contributed by atoms with Crippen molar-refractivity contribution in [2.45, 2.75) is 26.7 Å². The van der Waals surface area contributed by atoms with Crippen LogP contribution in [0.4, 0.5) is 8.78 Å². The molecule has 0 aliphatic rings. The number of nitrogens with one attached hydrogen (secondary N) is 1. The molecule has 0 aliphatic carbocycles. The molecule has 1 N–H and O–H groups in total. The largest absolute Gasteiger partial charge is 0.316 e. The van der Waals surface area contributed by atoms with E-state index in [0.717, 1.165) is 25.9 Å². The van der Waals surface area contributed by atoms with Crippen molar-refractivity contribution >= 4 is 21.5 Å². The molecule has 0 atom stereocenters. The van der Waals surface area contributed by atoms with Crippen molar-refractivity contribution in [1.82, 2.24) is 5.32 Å². The highest BCUT2D eigenvalue weighted by Crippen LogP contribution is 2.27. The molecule has 0 radical (unpaired) electrons. The average Bonchev–Trinajstić information content (AvgIpc) is 2.34. The molecule has 0 unspecified atom stereocenters. The van der Waals surface area contributed by atoms with Crippen LogP contribution in [0.15, 0.2) is 22.7 Å². The van der Waals surface area contributed by atoms with Crippen molar-refractivity contribution < 1.29 is 8.78 Å². The van der Waals surface area contributed by atoms with Crippen LogP contribution in [0.3, 0.4) is 0 Å². The van der Waals surface area contributed by atoms with Crippen LogP contribution in [0, 0.1) is 11.6 Å². The van der Waals surface area contributed by atoms with Gasteiger partial charge in [-0.2, -0.15) is 0 Å². The van der Waals surface area contributed by atoms with Gasteiger partial charge in [0.2, 0.25) is 0 Å². The number of hydrogen-bond donors (Lipinski definition) is 1. The van der Waals surface area contributed by atoms with E-state index in [0.29, 0.717) is 5.57 Å². The Balaban J connectivity index is 2.74. The quantitative estimate of drug-likeness (QED) is 0.601. The highest BCUT2D eigenvalue weighted by atomic mass is 79.9. The molecule has 0 spiro atoms. The fraction of sp³-hybridized carbons (Fsp3) is 0.429. The van der Waals surface area contributed by atoms with Gasteiger partial charge in [0.15, 0.2) is 0 Å². The van der Waals surface area contributed by atoms with E-state index in [1.54, 1.807) is 6.92 Å². The van der Waals surface area contributed by atoms with Crippen LogP contribution < -0.4 is 5.32 Å². The van der Waals surface area contributed by atoms with Gasteiger partial charge >= 0.3 is 0 Å². The van der Waals surface area contributed by atoms with Crippen LogP contribution >= 0.6 is 15.9 Å². The van der Waals surface area contributed by atoms with Crippen LogP contribution in [0.5, 0.6) is 0 Å². The van der Waals surface area contributed by atoms with Gasteiger partial charge in [-0.25, -0.2) is 8.78 Å². The van der Waals surface area contributed by atoms with Crippen LogP contribution in [0.2, 0.25) is 0 Å². The van der Waals surface area contributed by atoms with E-state index < -0.39 is 11.6 Å². The molecule has 1 nitrogen and oxygen atoms in total. The molecule has 0 saturated heterocycles. The predicted molar refractivity (Wildman–Crippen MR) is 75.5 cm³/mol. The Morgan fingerprint density at radius 3 is 2.72 bits per heavy atom. The van der Waals surface area contributed by atoms with Crippen molar-refractivity contribution in [2.24, 2.45) is 0 Å². The van der Waals surface area contributed by atoms with E-state index in [9.17, 15) is 8.78 Å². The molecule has 0 aliphatic heterocycles. The van der Waals surface area contributed by atoms with Gasteiger partial charge in [-0.15, -0.1) is 0 Å². The van der Waals surface area contributed by atoms with Crippen LogP contribution in [0.25, 0.3) is 5.57 Å². The number of benzene rings is 1. The summed E-state index contributed by atoms with van der Waals surface area (Å²) in [5.74, 6) is -1.06. The first-order valence-electron chi connectivity index (χ1n) is 6.09. The van der Waals surface area contributed by atoms with Crippen LogP contribution in [-0.4, -0.2) is 13.1 Å². The minimum absolute atomic E-state index is 0.0554. The second-order valence-corrected chi connectivity index (χ2v) is 5.00. The molecule has 1 rings (SSSR count). The molecular formula is C14H18BrF2N. The maximum atomic E-state index is 13.8. The van der Waals surface area contributed by atoms with Gasteiger partial charge in [-0.1, -0.05) is 13.0 Å². The third-order valence-electron chi connectivity index (χ3n) is 2.64. The lowest BCUT2D eigenvalue weighted by Gasteiger charge is -2.07. The second kappa shape index (κ2) is 7.64. The minimum atomic E-state index is -0.537. The Morgan fingerprint density at radius 2 is 2.06 bits per heavy atom. The molecule has 4 heteroatoms. The summed E-state index contributed by atoms with van der Waals surface area (Å²) in [6, 6.07) is 2.65. The summed E-state index contributed by atoms with van der Waals surface area (Å²) < 4.78 is 27.7. The number of rotatable bonds is 6. The summed E-state index contributed by atoms with van der Waals surface area (Å²) in [7, 11) is 0. The molecule has 1 aromatic rings. The lowest BCUT2D eigenvalue weighted by Crippen LogP contribution is -2.15. The van der Waals surface area contributed by atoms with E-state index in [-0.39, 0.29) is 10.0 Å². The zero-order chi connectivity index (χ0) is 13.5. The maximum Gasteiger partial charge on any atom is 0.147 e. The van der Waals surface area contributed by atoms with Crippen LogP contribution in [-0.2, 0) is 0 Å². The van der Waals surface area contributed by atoms with E-state index in [1.165, 1.54) is 12.1 Å². The van der Waals surface area contributed by atoms with Gasteiger partial charge in [-0.3, -0.25) is 0 Å². The predicted octanol–water partition coefficient (Wildman–Crippen LogP) is 4.52. The minimum Gasteiger partial charge on any atom is -0.316 e. The molecule has 18 heavy (non-hydrogen) atoms. The SMILES string of the molecule is CCCNCC/C=C(/C)c1c(F)ccc(Br)c1F. The average molecular weight is 318 g/mol. The van der Waals surface area contributed by atoms with E-state index >= 15 is 0 Å². The summed E-state index contributed by atoms with van der Waals surface area (Å²) in [5, 5.41) is 3.24. The summed E-state index contributed by atoms with van der Waals surface area (Å²) in [5.41, 5.74) is 0.685. The molecule has 0 amide bonds. The summed E-state index contributed by atoms with van der Waals surface area (Å²) >= 11 is 3.07. The molecule has 1 aromatic carbocycles. The Hall–Kier alpha value is -0.740. The van der Waals surface area contributed by atoms with Crippen molar-refractivity contribution in [1.29, 1.82) is 0 Å². The van der Waals surface area contributed by atoms with Gasteiger partial charge < -0.3 is 5.32 Å². The van der Waals surface area contributed by atoms with Gasteiger partial charge in [0.25, 0.3) is 0 Å². The second-order valence-electron chi connectivity index (χ2n) is 4.14. The third kappa shape index (κ3) is 4.18. The smallest absolute Gasteiger partial charge is 0.147 e. The fourth-order valence-electron chi connectivity index (χ4n) is 1.68. The van der Waals surface area contributed by atoms with Crippen molar-refractivity contribution in [3.05, 3.63) is 39.9 Å². The first-order valence-corrected chi connectivity index (χ1v) is 6.88. The topological polar surface area (TPSA) is 12.0 Å². The van der Waals surface area contributed by atoms with Gasteiger partial charge in [0.05, 0.1) is 4.47 Å². The zero-order valence-corrected chi connectivity index (χ0v) is 12.3. The number of halogens is 3. The van der Waals surface area contributed by atoms with Gasteiger partial charge in [-0.05, 0) is 66.5 Å². The highest BCUT2D eigenvalue weighted by molar-refractivity contribution is 9.10. The van der Waals surface area contributed by atoms with E-state index in [2.05, 4.69) is 28.2 Å². The number of hydrogen-bond acceptors (Lipinski definition) is 1. The zero-order valence-electron chi connectivity index (χ0n) is 10.7. The van der Waals surface area contributed by atoms with Crippen molar-refractivity contribution in [3.63, 3.8) is 0 Å². The third-order valence-corrected chi connectivity index (χ3v) is 3.25. The maximum absolute atomic E-state index is 13.8. The van der Waals surface area contributed by atoms with Crippen LogP contribution in [0.1, 0.15) is 32.3 Å². The van der Waals surface area contributed by atoms with Crippen molar-refractivity contribution in [2.75, 3.05) is 13.1 Å². The summed E-state index contributed by atoms with van der Waals surface area (Å²) in [4.78, 5) is 0. The first-order chi connectivity index (χ1) is 8.57. The number of allylic oxidation sites excluding steroid dienone is 1. The normalized spacial score (nSPS) is 11.9. The first kappa shape index (κ1) is 15.3. The fourth-order valence-corrected chi connectivity index (χ4v) is 2.01. The molecule has 0 heterocycles. The lowest BCUT2D eigenvalue weighted by molar-refractivity contribution is 0.572. The molecule has 0 aromatic heterocycles.